The Morgan fingerprint density at radius 3 is 2.71 bits per heavy atom. The number of aromatic nitrogens is 2. The van der Waals surface area contributed by atoms with E-state index in [4.69, 9.17) is 21.1 Å². The van der Waals surface area contributed by atoms with Crippen LogP contribution in [0.5, 0.6) is 0 Å². The van der Waals surface area contributed by atoms with Crippen LogP contribution in [0.15, 0.2) is 77.8 Å². The molecule has 1 unspecified atom stereocenters. The predicted molar refractivity (Wildman–Crippen MR) is 118 cm³/mol. The van der Waals surface area contributed by atoms with Crippen molar-refractivity contribution >= 4 is 38.9 Å². The number of halogens is 1. The summed E-state index contributed by atoms with van der Waals surface area (Å²) in [7, 11) is -1.53. The number of hydrogen-bond acceptors (Lipinski definition) is 8. The summed E-state index contributed by atoms with van der Waals surface area (Å²) in [6.45, 7) is 0. The zero-order chi connectivity index (χ0) is 22.0. The van der Waals surface area contributed by atoms with Crippen LogP contribution in [0.1, 0.15) is 11.9 Å². The first kappa shape index (κ1) is 21.0. The Labute approximate surface area is 185 Å². The van der Waals surface area contributed by atoms with Gasteiger partial charge in [0.05, 0.1) is 4.90 Å². The van der Waals surface area contributed by atoms with Crippen molar-refractivity contribution < 1.29 is 17.9 Å². The molecule has 0 aliphatic carbocycles. The highest BCUT2D eigenvalue weighted by molar-refractivity contribution is 7.90. The summed E-state index contributed by atoms with van der Waals surface area (Å²) in [5.41, 5.74) is 1.35. The third-order valence-electron chi connectivity index (χ3n) is 4.47. The van der Waals surface area contributed by atoms with Crippen molar-refractivity contribution in [1.82, 2.24) is 9.97 Å². The number of rotatable bonds is 6. The molecule has 0 amide bonds. The monoisotopic (exact) mass is 458 g/mol. The van der Waals surface area contributed by atoms with E-state index < -0.39 is 16.1 Å². The SMILES string of the molecule is CN(C1=COC(c2cccc(Cl)c2)O1)c1ccnc(Nc2cccc(S(C)(=O)=O)c2)n1. The molecule has 2 aromatic carbocycles. The van der Waals surface area contributed by atoms with Crippen molar-refractivity contribution in [3.05, 3.63) is 83.5 Å². The minimum Gasteiger partial charge on any atom is -0.453 e. The smallest absolute Gasteiger partial charge is 0.268 e. The summed E-state index contributed by atoms with van der Waals surface area (Å²) in [4.78, 5) is 10.6. The molecule has 0 spiro atoms. The van der Waals surface area contributed by atoms with Gasteiger partial charge >= 0.3 is 0 Å². The number of hydrogen-bond donors (Lipinski definition) is 1. The molecule has 1 aromatic heterocycles. The molecule has 1 aliphatic rings. The highest BCUT2D eigenvalue weighted by Gasteiger charge is 2.25. The fourth-order valence-electron chi connectivity index (χ4n) is 2.89. The second-order valence-corrected chi connectivity index (χ2v) is 9.27. The lowest BCUT2D eigenvalue weighted by Crippen LogP contribution is -2.19. The zero-order valence-corrected chi connectivity index (χ0v) is 18.3. The van der Waals surface area contributed by atoms with Crippen LogP contribution in [0.4, 0.5) is 17.5 Å². The maximum Gasteiger partial charge on any atom is 0.268 e. The predicted octanol–water partition coefficient (Wildman–Crippen LogP) is 4.26. The fraction of sp³-hybridized carbons (Fsp3) is 0.143. The lowest BCUT2D eigenvalue weighted by atomic mass is 10.2. The molecule has 4 rings (SSSR count). The van der Waals surface area contributed by atoms with E-state index in [1.165, 1.54) is 18.4 Å². The quantitative estimate of drug-likeness (QED) is 0.585. The van der Waals surface area contributed by atoms with Crippen molar-refractivity contribution in [3.63, 3.8) is 0 Å². The van der Waals surface area contributed by atoms with E-state index in [2.05, 4.69) is 15.3 Å². The maximum absolute atomic E-state index is 11.8. The Bertz CT molecular complexity index is 1250. The second kappa shape index (κ2) is 8.44. The number of nitrogens with one attached hydrogen (secondary N) is 1. The summed E-state index contributed by atoms with van der Waals surface area (Å²) in [6.07, 6.45) is 3.66. The van der Waals surface area contributed by atoms with Gasteiger partial charge in [0.1, 0.15) is 12.1 Å². The van der Waals surface area contributed by atoms with E-state index in [1.54, 1.807) is 48.5 Å². The van der Waals surface area contributed by atoms with Gasteiger partial charge in [-0.05, 0) is 36.4 Å². The molecule has 10 heteroatoms. The van der Waals surface area contributed by atoms with E-state index in [1.807, 2.05) is 12.1 Å². The Kier molecular flexibility index (Phi) is 5.71. The standard InChI is InChI=1S/C21H19ClN4O4S/c1-26(19-13-29-20(30-19)14-5-3-6-15(22)11-14)18-9-10-23-21(25-18)24-16-7-4-8-17(12-16)31(2,27)28/h3-13,20H,1-2H3,(H,23,24,25). The van der Waals surface area contributed by atoms with Crippen molar-refractivity contribution in [3.8, 4) is 0 Å². The van der Waals surface area contributed by atoms with E-state index in [9.17, 15) is 8.42 Å². The van der Waals surface area contributed by atoms with Gasteiger partial charge in [0.2, 0.25) is 11.8 Å². The average molecular weight is 459 g/mol. The first-order chi connectivity index (χ1) is 14.8. The summed E-state index contributed by atoms with van der Waals surface area (Å²) < 4.78 is 35.0. The van der Waals surface area contributed by atoms with Crippen LogP contribution in [0.2, 0.25) is 5.02 Å². The molecule has 1 atom stereocenters. The van der Waals surface area contributed by atoms with Gasteiger partial charge < -0.3 is 14.8 Å². The number of sulfone groups is 1. The van der Waals surface area contributed by atoms with Gasteiger partial charge in [0.25, 0.3) is 6.29 Å². The number of ether oxygens (including phenoxy) is 2. The highest BCUT2D eigenvalue weighted by Crippen LogP contribution is 2.32. The van der Waals surface area contributed by atoms with E-state index in [0.717, 1.165) is 11.8 Å². The molecular weight excluding hydrogens is 440 g/mol. The van der Waals surface area contributed by atoms with Crippen LogP contribution in [0.3, 0.4) is 0 Å². The average Bonchev–Trinajstić information content (AvgIpc) is 3.23. The van der Waals surface area contributed by atoms with Crippen LogP contribution in [-0.4, -0.2) is 31.7 Å². The minimum atomic E-state index is -3.32. The largest absolute Gasteiger partial charge is 0.453 e. The summed E-state index contributed by atoms with van der Waals surface area (Å²) >= 11 is 6.04. The zero-order valence-electron chi connectivity index (χ0n) is 16.7. The number of anilines is 3. The molecule has 3 aromatic rings. The van der Waals surface area contributed by atoms with Gasteiger partial charge in [0.15, 0.2) is 9.84 Å². The number of nitrogens with zero attached hydrogens (tertiary/aromatic N) is 3. The lowest BCUT2D eigenvalue weighted by Gasteiger charge is -2.20. The van der Waals surface area contributed by atoms with Crippen LogP contribution in [-0.2, 0) is 19.3 Å². The van der Waals surface area contributed by atoms with Gasteiger partial charge in [-0.2, -0.15) is 4.98 Å². The molecule has 0 radical (unpaired) electrons. The first-order valence-electron chi connectivity index (χ1n) is 9.21. The second-order valence-electron chi connectivity index (χ2n) is 6.82. The van der Waals surface area contributed by atoms with Gasteiger partial charge in [-0.25, -0.2) is 13.4 Å². The normalized spacial score (nSPS) is 15.6. The number of benzene rings is 2. The van der Waals surface area contributed by atoms with Crippen LogP contribution < -0.4 is 10.2 Å². The summed E-state index contributed by atoms with van der Waals surface area (Å²) in [5, 5.41) is 3.62. The molecule has 0 fully saturated rings. The summed E-state index contributed by atoms with van der Waals surface area (Å²) in [6, 6.07) is 15.4. The van der Waals surface area contributed by atoms with Crippen LogP contribution >= 0.6 is 11.6 Å². The van der Waals surface area contributed by atoms with Gasteiger partial charge in [-0.3, -0.25) is 4.90 Å². The van der Waals surface area contributed by atoms with Crippen LogP contribution in [0, 0.1) is 0 Å². The van der Waals surface area contributed by atoms with E-state index in [-0.39, 0.29) is 4.90 Å². The maximum atomic E-state index is 11.8. The third-order valence-corrected chi connectivity index (χ3v) is 5.82. The summed E-state index contributed by atoms with van der Waals surface area (Å²) in [5.74, 6) is 1.33. The van der Waals surface area contributed by atoms with Crippen molar-refractivity contribution in [2.75, 3.05) is 23.5 Å². The van der Waals surface area contributed by atoms with Crippen molar-refractivity contribution in [1.29, 1.82) is 0 Å². The molecule has 31 heavy (non-hydrogen) atoms. The topological polar surface area (TPSA) is 93.7 Å². The lowest BCUT2D eigenvalue weighted by molar-refractivity contribution is -0.0346. The molecule has 0 saturated heterocycles. The van der Waals surface area contributed by atoms with Crippen molar-refractivity contribution in [2.24, 2.45) is 0 Å². The minimum absolute atomic E-state index is 0.208. The Morgan fingerprint density at radius 2 is 1.94 bits per heavy atom. The molecule has 1 N–H and O–H groups in total. The first-order valence-corrected chi connectivity index (χ1v) is 11.5. The van der Waals surface area contributed by atoms with E-state index >= 15 is 0 Å². The third kappa shape index (κ3) is 4.89. The molecule has 8 nitrogen and oxygen atoms in total. The Morgan fingerprint density at radius 1 is 1.13 bits per heavy atom. The molecule has 2 heterocycles. The van der Waals surface area contributed by atoms with Gasteiger partial charge in [-0.15, -0.1) is 0 Å². The molecular formula is C21H19ClN4O4S. The molecule has 0 saturated carbocycles. The molecule has 160 valence electrons. The molecule has 1 aliphatic heterocycles. The highest BCUT2D eigenvalue weighted by atomic mass is 35.5. The Balaban J connectivity index is 1.48. The van der Waals surface area contributed by atoms with E-state index in [0.29, 0.717) is 28.4 Å². The molecule has 0 bridgehead atoms. The van der Waals surface area contributed by atoms with Gasteiger partial charge in [0, 0.05) is 35.8 Å². The Hall–Kier alpha value is -3.30. The van der Waals surface area contributed by atoms with Gasteiger partial charge in [-0.1, -0.05) is 29.8 Å². The van der Waals surface area contributed by atoms with Crippen molar-refractivity contribution in [2.45, 2.75) is 11.2 Å². The fourth-order valence-corrected chi connectivity index (χ4v) is 3.75. The van der Waals surface area contributed by atoms with Crippen LogP contribution in [0.25, 0.3) is 0 Å².